The first-order chi connectivity index (χ1) is 9.31. The summed E-state index contributed by atoms with van der Waals surface area (Å²) in [5.74, 6) is -0.122. The molecule has 0 saturated heterocycles. The molecule has 0 spiro atoms. The Labute approximate surface area is 114 Å². The van der Waals surface area contributed by atoms with Gasteiger partial charge in [-0.05, 0) is 49.4 Å². The lowest BCUT2D eigenvalue weighted by Gasteiger charge is -2.24. The molecule has 0 saturated carbocycles. The zero-order valence-corrected chi connectivity index (χ0v) is 11.5. The monoisotopic (exact) mass is 263 g/mol. The van der Waals surface area contributed by atoms with Crippen molar-refractivity contribution in [2.75, 3.05) is 13.2 Å². The molecule has 1 aromatic rings. The zero-order chi connectivity index (χ0) is 13.5. The summed E-state index contributed by atoms with van der Waals surface area (Å²) in [7, 11) is 0. The van der Waals surface area contributed by atoms with Crippen molar-refractivity contribution in [3.05, 3.63) is 47.5 Å². The van der Waals surface area contributed by atoms with Gasteiger partial charge in [0.1, 0.15) is 5.82 Å². The summed E-state index contributed by atoms with van der Waals surface area (Å²) in [5, 5.41) is 3.50. The third kappa shape index (κ3) is 4.06. The van der Waals surface area contributed by atoms with E-state index in [0.29, 0.717) is 6.42 Å². The van der Waals surface area contributed by atoms with Crippen LogP contribution in [0.5, 0.6) is 0 Å². The van der Waals surface area contributed by atoms with Crippen molar-refractivity contribution in [2.24, 2.45) is 0 Å². The van der Waals surface area contributed by atoms with Crippen molar-refractivity contribution in [1.29, 1.82) is 0 Å². The fraction of sp³-hybridized carbons (Fsp3) is 0.500. The highest BCUT2D eigenvalue weighted by Crippen LogP contribution is 2.20. The summed E-state index contributed by atoms with van der Waals surface area (Å²) in [6.07, 6.45) is 5.70. The summed E-state index contributed by atoms with van der Waals surface area (Å²) in [4.78, 5) is 0. The molecule has 1 aliphatic heterocycles. The molecule has 1 aromatic carbocycles. The second-order valence-corrected chi connectivity index (χ2v) is 4.97. The van der Waals surface area contributed by atoms with Gasteiger partial charge in [-0.1, -0.05) is 25.1 Å². The fourth-order valence-electron chi connectivity index (χ4n) is 2.38. The van der Waals surface area contributed by atoms with E-state index in [1.54, 1.807) is 6.07 Å². The molecule has 19 heavy (non-hydrogen) atoms. The van der Waals surface area contributed by atoms with Crippen LogP contribution >= 0.6 is 0 Å². The van der Waals surface area contributed by atoms with Gasteiger partial charge in [0.25, 0.3) is 0 Å². The standard InChI is InChI=1S/C16H22FNO/c1-2-9-18-16(14-7-5-10-19-12-14)11-13-6-3-4-8-15(13)17/h3-4,6,8,12,16,18H,2,5,7,9-11H2,1H3. The molecule has 0 aromatic heterocycles. The van der Waals surface area contributed by atoms with Crippen molar-refractivity contribution >= 4 is 0 Å². The van der Waals surface area contributed by atoms with Crippen molar-refractivity contribution < 1.29 is 9.13 Å². The number of hydrogen-bond acceptors (Lipinski definition) is 2. The van der Waals surface area contributed by atoms with E-state index in [-0.39, 0.29) is 11.9 Å². The minimum absolute atomic E-state index is 0.122. The van der Waals surface area contributed by atoms with Gasteiger partial charge in [-0.3, -0.25) is 0 Å². The normalized spacial score (nSPS) is 16.6. The van der Waals surface area contributed by atoms with Crippen LogP contribution in [0.15, 0.2) is 36.1 Å². The van der Waals surface area contributed by atoms with Gasteiger partial charge < -0.3 is 10.1 Å². The van der Waals surface area contributed by atoms with Crippen LogP contribution in [-0.2, 0) is 11.2 Å². The predicted octanol–water partition coefficient (Wildman–Crippen LogP) is 3.43. The average Bonchev–Trinajstić information content (AvgIpc) is 2.46. The third-order valence-corrected chi connectivity index (χ3v) is 3.43. The Morgan fingerprint density at radius 1 is 1.37 bits per heavy atom. The smallest absolute Gasteiger partial charge is 0.126 e. The van der Waals surface area contributed by atoms with Gasteiger partial charge in [0.2, 0.25) is 0 Å². The van der Waals surface area contributed by atoms with Crippen LogP contribution in [0.4, 0.5) is 4.39 Å². The first kappa shape index (κ1) is 14.1. The highest BCUT2D eigenvalue weighted by molar-refractivity contribution is 5.22. The lowest BCUT2D eigenvalue weighted by molar-refractivity contribution is 0.219. The van der Waals surface area contributed by atoms with Crippen LogP contribution in [0.25, 0.3) is 0 Å². The van der Waals surface area contributed by atoms with Gasteiger partial charge in [-0.2, -0.15) is 0 Å². The molecule has 1 heterocycles. The van der Waals surface area contributed by atoms with E-state index < -0.39 is 0 Å². The number of nitrogens with one attached hydrogen (secondary N) is 1. The number of rotatable bonds is 6. The zero-order valence-electron chi connectivity index (χ0n) is 11.5. The number of hydrogen-bond donors (Lipinski definition) is 1. The van der Waals surface area contributed by atoms with Crippen LogP contribution in [-0.4, -0.2) is 19.2 Å². The van der Waals surface area contributed by atoms with Gasteiger partial charge in [-0.25, -0.2) is 4.39 Å². The highest BCUT2D eigenvalue weighted by Gasteiger charge is 2.18. The topological polar surface area (TPSA) is 21.3 Å². The molecule has 2 rings (SSSR count). The summed E-state index contributed by atoms with van der Waals surface area (Å²) in [6.45, 7) is 3.87. The number of benzene rings is 1. The largest absolute Gasteiger partial charge is 0.501 e. The van der Waals surface area contributed by atoms with Gasteiger partial charge in [0, 0.05) is 6.04 Å². The molecular weight excluding hydrogens is 241 g/mol. The van der Waals surface area contributed by atoms with Gasteiger partial charge in [0.05, 0.1) is 12.9 Å². The minimum Gasteiger partial charge on any atom is -0.501 e. The average molecular weight is 263 g/mol. The maximum absolute atomic E-state index is 13.8. The lowest BCUT2D eigenvalue weighted by Crippen LogP contribution is -2.34. The van der Waals surface area contributed by atoms with Gasteiger partial charge in [-0.15, -0.1) is 0 Å². The Morgan fingerprint density at radius 2 is 2.21 bits per heavy atom. The van der Waals surface area contributed by atoms with E-state index in [2.05, 4.69) is 12.2 Å². The predicted molar refractivity (Wildman–Crippen MR) is 75.5 cm³/mol. The molecule has 3 heteroatoms. The van der Waals surface area contributed by atoms with Gasteiger partial charge >= 0.3 is 0 Å². The fourth-order valence-corrected chi connectivity index (χ4v) is 2.38. The van der Waals surface area contributed by atoms with Crippen LogP contribution in [0.3, 0.4) is 0 Å². The molecule has 0 radical (unpaired) electrons. The summed E-state index contributed by atoms with van der Waals surface area (Å²) in [6, 6.07) is 7.19. The summed E-state index contributed by atoms with van der Waals surface area (Å²) in [5.41, 5.74) is 2.02. The maximum Gasteiger partial charge on any atom is 0.126 e. The van der Waals surface area contributed by atoms with Crippen molar-refractivity contribution in [3.63, 3.8) is 0 Å². The Kier molecular flexibility index (Phi) is 5.40. The van der Waals surface area contributed by atoms with Crippen LogP contribution in [0, 0.1) is 5.82 Å². The highest BCUT2D eigenvalue weighted by atomic mass is 19.1. The number of halogens is 1. The van der Waals surface area contributed by atoms with E-state index >= 15 is 0 Å². The van der Waals surface area contributed by atoms with Crippen LogP contribution in [0.2, 0.25) is 0 Å². The van der Waals surface area contributed by atoms with E-state index in [1.807, 2.05) is 18.4 Å². The Bertz CT molecular complexity index is 431. The molecule has 0 fully saturated rings. The Balaban J connectivity index is 2.09. The maximum atomic E-state index is 13.8. The molecule has 2 nitrogen and oxygen atoms in total. The first-order valence-electron chi connectivity index (χ1n) is 7.08. The Hall–Kier alpha value is -1.35. The summed E-state index contributed by atoms with van der Waals surface area (Å²) < 4.78 is 19.2. The first-order valence-corrected chi connectivity index (χ1v) is 7.08. The second-order valence-electron chi connectivity index (χ2n) is 4.97. The lowest BCUT2D eigenvalue weighted by atomic mass is 9.95. The molecule has 104 valence electrons. The minimum atomic E-state index is -0.122. The molecule has 1 unspecified atom stereocenters. The van der Waals surface area contributed by atoms with Crippen LogP contribution < -0.4 is 5.32 Å². The van der Waals surface area contributed by atoms with Gasteiger partial charge in [0.15, 0.2) is 0 Å². The Morgan fingerprint density at radius 3 is 2.89 bits per heavy atom. The number of ether oxygens (including phenoxy) is 1. The molecule has 0 amide bonds. The quantitative estimate of drug-likeness (QED) is 0.849. The molecule has 0 bridgehead atoms. The van der Waals surface area contributed by atoms with E-state index in [0.717, 1.165) is 38.0 Å². The van der Waals surface area contributed by atoms with Crippen LogP contribution in [0.1, 0.15) is 31.7 Å². The van der Waals surface area contributed by atoms with Crippen molar-refractivity contribution in [3.8, 4) is 0 Å². The van der Waals surface area contributed by atoms with E-state index in [9.17, 15) is 4.39 Å². The molecular formula is C16H22FNO. The second kappa shape index (κ2) is 7.29. The SMILES string of the molecule is CCCNC(Cc1ccccc1F)C1=COCCC1. The van der Waals surface area contributed by atoms with E-state index in [1.165, 1.54) is 11.6 Å². The van der Waals surface area contributed by atoms with Crippen molar-refractivity contribution in [2.45, 2.75) is 38.6 Å². The molecule has 1 atom stereocenters. The molecule has 0 aliphatic carbocycles. The van der Waals surface area contributed by atoms with Crippen molar-refractivity contribution in [1.82, 2.24) is 5.32 Å². The summed E-state index contributed by atoms with van der Waals surface area (Å²) >= 11 is 0. The third-order valence-electron chi connectivity index (χ3n) is 3.43. The van der Waals surface area contributed by atoms with E-state index in [4.69, 9.17) is 4.74 Å². The molecule has 1 N–H and O–H groups in total. The molecule has 1 aliphatic rings.